The van der Waals surface area contributed by atoms with Crippen LogP contribution in [0.1, 0.15) is 12.8 Å². The number of carbonyl (C=O) groups is 2. The molecule has 0 bridgehead atoms. The maximum atomic E-state index is 12.9. The Morgan fingerprint density at radius 1 is 1.06 bits per heavy atom. The second-order valence-corrected chi connectivity index (χ2v) is 7.02. The van der Waals surface area contributed by atoms with E-state index in [0.29, 0.717) is 56.4 Å². The largest absolute Gasteiger partial charge is 0.475 e. The van der Waals surface area contributed by atoms with Crippen LogP contribution < -0.4 is 20.7 Å². The lowest BCUT2D eigenvalue weighted by Crippen LogP contribution is -2.48. The predicted octanol–water partition coefficient (Wildman–Crippen LogP) is 3.06. The van der Waals surface area contributed by atoms with Crippen molar-refractivity contribution in [1.29, 1.82) is 0 Å². The Morgan fingerprint density at radius 3 is 2.42 bits per heavy atom. The molecule has 0 aliphatic carbocycles. The van der Waals surface area contributed by atoms with Crippen LogP contribution in [0.25, 0.3) is 0 Å². The maximum absolute atomic E-state index is 12.9. The van der Waals surface area contributed by atoms with E-state index in [1.54, 1.807) is 24.1 Å². The zero-order valence-corrected chi connectivity index (χ0v) is 17.3. The molecule has 1 fully saturated rings. The Labute approximate surface area is 179 Å². The molecule has 3 rings (SSSR count). The topological polar surface area (TPSA) is 105 Å². The average molecular weight is 431 g/mol. The molecule has 1 aliphatic heterocycles. The van der Waals surface area contributed by atoms with E-state index in [1.165, 1.54) is 30.5 Å². The van der Waals surface area contributed by atoms with E-state index in [9.17, 15) is 14.0 Å². The van der Waals surface area contributed by atoms with Crippen LogP contribution in [0.5, 0.6) is 5.88 Å². The van der Waals surface area contributed by atoms with E-state index in [0.717, 1.165) is 0 Å². The number of methoxy groups -OCH3 is 1. The summed E-state index contributed by atoms with van der Waals surface area (Å²) in [6, 6.07) is 8.34. The van der Waals surface area contributed by atoms with Crippen molar-refractivity contribution in [3.05, 3.63) is 48.4 Å². The lowest BCUT2D eigenvalue weighted by Gasteiger charge is -2.32. The molecule has 166 valence electrons. The summed E-state index contributed by atoms with van der Waals surface area (Å²) in [5.74, 6) is 0.0968. The quantitative estimate of drug-likeness (QED) is 0.585. The lowest BCUT2D eigenvalue weighted by molar-refractivity contribution is 0.144. The van der Waals surface area contributed by atoms with Crippen molar-refractivity contribution < 1.29 is 23.5 Å². The highest BCUT2D eigenvalue weighted by Crippen LogP contribution is 2.15. The Hall–Kier alpha value is -3.40. The number of anilines is 2. The van der Waals surface area contributed by atoms with Gasteiger partial charge in [-0.25, -0.2) is 19.0 Å². The van der Waals surface area contributed by atoms with Gasteiger partial charge in [-0.1, -0.05) is 0 Å². The number of piperidine rings is 1. The number of pyridine rings is 1. The molecule has 31 heavy (non-hydrogen) atoms. The first-order valence-corrected chi connectivity index (χ1v) is 10.0. The summed E-state index contributed by atoms with van der Waals surface area (Å²) in [6.07, 6.45) is 2.80. The number of rotatable bonds is 7. The molecule has 0 radical (unpaired) electrons. The highest BCUT2D eigenvalue weighted by molar-refractivity contribution is 5.90. The van der Waals surface area contributed by atoms with Gasteiger partial charge < -0.3 is 30.3 Å². The Morgan fingerprint density at radius 2 is 1.77 bits per heavy atom. The van der Waals surface area contributed by atoms with Crippen LogP contribution in [-0.4, -0.2) is 61.4 Å². The minimum absolute atomic E-state index is 0.0466. The number of benzene rings is 1. The fourth-order valence-corrected chi connectivity index (χ4v) is 3.08. The summed E-state index contributed by atoms with van der Waals surface area (Å²) in [7, 11) is 1.59. The van der Waals surface area contributed by atoms with E-state index >= 15 is 0 Å². The average Bonchev–Trinajstić information content (AvgIpc) is 2.77. The fourth-order valence-electron chi connectivity index (χ4n) is 3.08. The highest BCUT2D eigenvalue weighted by atomic mass is 19.1. The second kappa shape index (κ2) is 11.1. The molecule has 10 heteroatoms. The first-order chi connectivity index (χ1) is 15.0. The number of aromatic nitrogens is 1. The van der Waals surface area contributed by atoms with Crippen molar-refractivity contribution in [2.45, 2.75) is 18.9 Å². The van der Waals surface area contributed by atoms with E-state index < -0.39 is 0 Å². The summed E-state index contributed by atoms with van der Waals surface area (Å²) in [5, 5.41) is 8.37. The molecule has 0 spiro atoms. The second-order valence-electron chi connectivity index (χ2n) is 7.02. The van der Waals surface area contributed by atoms with Gasteiger partial charge in [0.25, 0.3) is 0 Å². The van der Waals surface area contributed by atoms with Gasteiger partial charge in [0.05, 0.1) is 18.5 Å². The molecule has 4 amide bonds. The molecular weight excluding hydrogens is 405 g/mol. The number of likely N-dealkylation sites (tertiary alicyclic amines) is 1. The van der Waals surface area contributed by atoms with Gasteiger partial charge >= 0.3 is 12.1 Å². The van der Waals surface area contributed by atoms with Crippen molar-refractivity contribution in [2.75, 3.05) is 44.0 Å². The first-order valence-electron chi connectivity index (χ1n) is 10.0. The number of urea groups is 2. The summed E-state index contributed by atoms with van der Waals surface area (Å²) in [4.78, 5) is 30.4. The van der Waals surface area contributed by atoms with Gasteiger partial charge in [-0.3, -0.25) is 0 Å². The van der Waals surface area contributed by atoms with Gasteiger partial charge in [0.1, 0.15) is 12.4 Å². The molecule has 0 saturated carbocycles. The van der Waals surface area contributed by atoms with Crippen molar-refractivity contribution in [2.24, 2.45) is 0 Å². The number of carbonyl (C=O) groups excluding carboxylic acids is 2. The molecule has 0 unspecified atom stereocenters. The first kappa shape index (κ1) is 22.3. The van der Waals surface area contributed by atoms with Crippen LogP contribution in [0, 0.1) is 5.82 Å². The van der Waals surface area contributed by atoms with Gasteiger partial charge in [-0.15, -0.1) is 0 Å². The Kier molecular flexibility index (Phi) is 7.99. The van der Waals surface area contributed by atoms with E-state index in [4.69, 9.17) is 9.47 Å². The lowest BCUT2D eigenvalue weighted by atomic mass is 10.1. The van der Waals surface area contributed by atoms with Gasteiger partial charge in [0, 0.05) is 38.0 Å². The third-order valence-electron chi connectivity index (χ3n) is 4.74. The standard InChI is InChI=1S/C21H26FN5O4/c1-30-12-13-31-19-7-6-18(14-23-19)26-21(29)27-10-8-17(9-11-27)25-20(28)24-16-4-2-15(22)3-5-16/h2-7,14,17H,8-13H2,1H3,(H,26,29)(H2,24,25,28). The van der Waals surface area contributed by atoms with Crippen molar-refractivity contribution in [3.63, 3.8) is 0 Å². The van der Waals surface area contributed by atoms with Crippen LogP contribution in [0.4, 0.5) is 25.4 Å². The maximum Gasteiger partial charge on any atom is 0.321 e. The molecular formula is C21H26FN5O4. The van der Waals surface area contributed by atoms with Gasteiger partial charge in [0.15, 0.2) is 0 Å². The van der Waals surface area contributed by atoms with Crippen LogP contribution in [0.3, 0.4) is 0 Å². The number of hydrogen-bond acceptors (Lipinski definition) is 5. The zero-order chi connectivity index (χ0) is 22.1. The highest BCUT2D eigenvalue weighted by Gasteiger charge is 2.24. The molecule has 9 nitrogen and oxygen atoms in total. The number of hydrogen-bond donors (Lipinski definition) is 3. The van der Waals surface area contributed by atoms with Crippen LogP contribution in [0.2, 0.25) is 0 Å². The zero-order valence-electron chi connectivity index (χ0n) is 17.3. The fraction of sp³-hybridized carbons (Fsp3) is 0.381. The molecule has 1 aromatic carbocycles. The van der Waals surface area contributed by atoms with Crippen LogP contribution >= 0.6 is 0 Å². The molecule has 3 N–H and O–H groups in total. The number of halogens is 1. The Bertz CT molecular complexity index is 855. The normalized spacial score (nSPS) is 14.1. The van der Waals surface area contributed by atoms with Crippen molar-refractivity contribution >= 4 is 23.4 Å². The van der Waals surface area contributed by atoms with E-state index in [2.05, 4.69) is 20.9 Å². The SMILES string of the molecule is COCCOc1ccc(NC(=O)N2CCC(NC(=O)Nc3ccc(F)cc3)CC2)cn1. The Balaban J connectivity index is 1.39. The van der Waals surface area contributed by atoms with Crippen LogP contribution in [0.15, 0.2) is 42.6 Å². The minimum Gasteiger partial charge on any atom is -0.475 e. The van der Waals surface area contributed by atoms with Crippen molar-refractivity contribution in [1.82, 2.24) is 15.2 Å². The number of nitrogens with zero attached hydrogens (tertiary/aromatic N) is 2. The number of ether oxygens (including phenoxy) is 2. The van der Waals surface area contributed by atoms with Gasteiger partial charge in [-0.2, -0.15) is 0 Å². The van der Waals surface area contributed by atoms with Crippen molar-refractivity contribution in [3.8, 4) is 5.88 Å². The summed E-state index contributed by atoms with van der Waals surface area (Å²) < 4.78 is 23.2. The molecule has 1 saturated heterocycles. The van der Waals surface area contributed by atoms with Gasteiger partial charge in [0.2, 0.25) is 5.88 Å². The number of amides is 4. The molecule has 1 aromatic heterocycles. The smallest absolute Gasteiger partial charge is 0.321 e. The third-order valence-corrected chi connectivity index (χ3v) is 4.74. The predicted molar refractivity (Wildman–Crippen MR) is 114 cm³/mol. The summed E-state index contributed by atoms with van der Waals surface area (Å²) in [5.41, 5.74) is 1.09. The van der Waals surface area contributed by atoms with E-state index in [-0.39, 0.29) is 23.9 Å². The summed E-state index contributed by atoms with van der Waals surface area (Å²) in [6.45, 7) is 1.90. The summed E-state index contributed by atoms with van der Waals surface area (Å²) >= 11 is 0. The number of nitrogens with one attached hydrogen (secondary N) is 3. The third kappa shape index (κ3) is 7.10. The minimum atomic E-state index is -0.362. The molecule has 1 aliphatic rings. The van der Waals surface area contributed by atoms with Crippen LogP contribution in [-0.2, 0) is 4.74 Å². The van der Waals surface area contributed by atoms with Gasteiger partial charge in [-0.05, 0) is 43.2 Å². The van der Waals surface area contributed by atoms with E-state index in [1.807, 2.05) is 0 Å². The molecule has 2 aromatic rings. The molecule has 2 heterocycles. The molecule has 0 atom stereocenters. The monoisotopic (exact) mass is 431 g/mol.